The van der Waals surface area contributed by atoms with E-state index in [1.54, 1.807) is 30.3 Å². The lowest BCUT2D eigenvalue weighted by Crippen LogP contribution is -4.05. The predicted molar refractivity (Wildman–Crippen MR) is 66.3 cm³/mol. The van der Waals surface area contributed by atoms with Gasteiger partial charge in [0, 0.05) is 17.9 Å². The molecule has 1 heterocycles. The van der Waals surface area contributed by atoms with Crippen LogP contribution in [0.25, 0.3) is 10.1 Å². The maximum atomic E-state index is 13.1. The Morgan fingerprint density at radius 3 is 2.14 bits per heavy atom. The van der Waals surface area contributed by atoms with Gasteiger partial charge in [-0.2, -0.15) is 0 Å². The first kappa shape index (κ1) is 18.6. The van der Waals surface area contributed by atoms with Gasteiger partial charge in [-0.15, -0.1) is 13.2 Å². The molecule has 0 aliphatic carbocycles. The average molecular weight is 434 g/mol. The van der Waals surface area contributed by atoms with Crippen LogP contribution in [-0.2, 0) is 11.9 Å². The van der Waals surface area contributed by atoms with Crippen LogP contribution in [0, 0.1) is 5.92 Å². The molecule has 0 N–H and O–H groups in total. The molecule has 2 aromatic rings. The summed E-state index contributed by atoms with van der Waals surface area (Å²) in [5, 5.41) is 0.726. The van der Waals surface area contributed by atoms with Crippen LogP contribution < -0.4 is 31.4 Å². The zero-order valence-corrected chi connectivity index (χ0v) is 14.3. The fourth-order valence-electron chi connectivity index (χ4n) is 1.98. The highest BCUT2D eigenvalue weighted by atomic mass is 127. The minimum absolute atomic E-state index is 0.243. The van der Waals surface area contributed by atoms with E-state index >= 15 is 0 Å². The van der Waals surface area contributed by atoms with Gasteiger partial charge in [-0.3, -0.25) is 0 Å². The second-order valence-corrected chi connectivity index (χ2v) is 7.81. The van der Waals surface area contributed by atoms with Gasteiger partial charge in [-0.05, 0) is 18.1 Å². The molecule has 1 atom stereocenters. The zero-order chi connectivity index (χ0) is 16.2. The van der Waals surface area contributed by atoms with E-state index < -0.39 is 37.0 Å². The number of benzene rings is 1. The molecule has 0 aliphatic rings. The maximum absolute atomic E-state index is 13.1. The molecule has 0 bridgehead atoms. The van der Waals surface area contributed by atoms with Gasteiger partial charge >= 0.3 is 5.51 Å². The zero-order valence-electron chi connectivity index (χ0n) is 11.3. The van der Waals surface area contributed by atoms with Crippen LogP contribution in [0.4, 0.5) is 13.2 Å². The summed E-state index contributed by atoms with van der Waals surface area (Å²) in [6, 6.07) is 8.53. The Labute approximate surface area is 132 Å². The first-order valence-electron chi connectivity index (χ1n) is 5.96. The molecule has 1 aromatic carbocycles. The predicted octanol–water partition coefficient (Wildman–Crippen LogP) is -1.30. The number of alkyl halides is 3. The Morgan fingerprint density at radius 2 is 1.67 bits per heavy atom. The summed E-state index contributed by atoms with van der Waals surface area (Å²) in [5.41, 5.74) is -4.16. The van der Waals surface area contributed by atoms with Crippen LogP contribution in [0.15, 0.2) is 30.3 Å². The van der Waals surface area contributed by atoms with Crippen LogP contribution in [0.5, 0.6) is 0 Å². The fraction of sp³-hybridized carbons (Fsp3) is 0.385. The second-order valence-electron chi connectivity index (χ2n) is 4.69. The molecule has 1 unspecified atom stereocenters. The summed E-state index contributed by atoms with van der Waals surface area (Å²) >= 11 is -4.01. The number of halogens is 4. The topological polar surface area (TPSA) is 69.2 Å². The minimum atomic E-state index is -4.16. The lowest BCUT2D eigenvalue weighted by atomic mass is 10.1. The Bertz CT molecular complexity index is 579. The lowest BCUT2D eigenvalue weighted by molar-refractivity contribution is -1.73. The highest BCUT2D eigenvalue weighted by molar-refractivity contribution is 7.38. The smallest absolute Gasteiger partial charge is 0.427 e. The Balaban J connectivity index is 0.000000491. The number of hydrogen-bond donors (Lipinski definition) is 0. The van der Waals surface area contributed by atoms with E-state index in [0.717, 1.165) is 5.39 Å². The molecule has 0 saturated heterocycles. The van der Waals surface area contributed by atoms with Crippen molar-refractivity contribution in [1.29, 1.82) is 0 Å². The third kappa shape index (κ3) is 5.70. The second kappa shape index (κ2) is 7.73. The third-order valence-corrected chi connectivity index (χ3v) is 4.64. The van der Waals surface area contributed by atoms with E-state index in [0.29, 0.717) is 16.0 Å². The molecule has 0 fully saturated rings. The highest BCUT2D eigenvalue weighted by Gasteiger charge is 2.47. The Hall–Kier alpha value is -0.420. The van der Waals surface area contributed by atoms with Crippen molar-refractivity contribution in [1.82, 2.24) is 0 Å². The standard InChI is InChI=1S/C13H14F3S.IO3/c1-9(2)7-11-8-10-5-3-4-6-12(10)17(11)13(14,15)16;2-1(3)4/h3-6,8-9H,7H2,1-2H3;/q+1;-1. The number of hydrogen-bond acceptors (Lipinski definition) is 3. The maximum Gasteiger partial charge on any atom is 0.600 e. The van der Waals surface area contributed by atoms with Gasteiger partial charge in [-0.1, -0.05) is 26.0 Å². The van der Waals surface area contributed by atoms with Gasteiger partial charge in [0.2, 0.25) is 0 Å². The van der Waals surface area contributed by atoms with E-state index in [4.69, 9.17) is 10.3 Å². The van der Waals surface area contributed by atoms with E-state index in [1.165, 1.54) is 0 Å². The van der Waals surface area contributed by atoms with Crippen molar-refractivity contribution in [2.75, 3.05) is 0 Å². The first-order chi connectivity index (χ1) is 9.62. The molecule has 0 saturated carbocycles. The SMILES string of the molecule is CC(C)Cc1cc2ccccc2[s+]1C(F)(F)F.[O-][I+2]([O-])[O-]. The van der Waals surface area contributed by atoms with Crippen molar-refractivity contribution >= 4 is 20.6 Å². The molecule has 3 nitrogen and oxygen atoms in total. The molecule has 0 radical (unpaired) electrons. The van der Waals surface area contributed by atoms with Gasteiger partial charge in [0.1, 0.15) is 0 Å². The quantitative estimate of drug-likeness (QED) is 0.436. The molecule has 2 rings (SSSR count). The average Bonchev–Trinajstić information content (AvgIpc) is 2.63. The molecule has 8 heteroatoms. The van der Waals surface area contributed by atoms with Crippen molar-refractivity contribution in [2.45, 2.75) is 25.8 Å². The molecule has 0 amide bonds. The summed E-state index contributed by atoms with van der Waals surface area (Å²) < 4.78 is 65.5. The molecule has 21 heavy (non-hydrogen) atoms. The Kier molecular flexibility index (Phi) is 6.85. The molecule has 0 spiro atoms. The van der Waals surface area contributed by atoms with Gasteiger partial charge < -0.3 is 10.3 Å². The number of fused-ring (bicyclic) bond motifs is 1. The summed E-state index contributed by atoms with van der Waals surface area (Å²) in [5.74, 6) is 0.243. The number of thiophene rings is 1. The molecular formula is C13H14F3IO3S. The van der Waals surface area contributed by atoms with Crippen LogP contribution in [0.1, 0.15) is 18.7 Å². The van der Waals surface area contributed by atoms with Crippen molar-refractivity contribution in [3.63, 3.8) is 0 Å². The van der Waals surface area contributed by atoms with E-state index in [2.05, 4.69) is 0 Å². The molecule has 1 aromatic heterocycles. The van der Waals surface area contributed by atoms with Gasteiger partial charge in [0.05, 0.1) is 10.5 Å². The summed E-state index contributed by atoms with van der Waals surface area (Å²) in [7, 11) is -1.72. The summed E-state index contributed by atoms with van der Waals surface area (Å²) in [6.07, 6.45) is 0.511. The fourth-order valence-corrected chi connectivity index (χ4v) is 4.13. The monoisotopic (exact) mass is 434 g/mol. The van der Waals surface area contributed by atoms with Crippen molar-refractivity contribution in [2.24, 2.45) is 5.92 Å². The van der Waals surface area contributed by atoms with Gasteiger partial charge in [-0.25, -0.2) is 0 Å². The molecular weight excluding hydrogens is 420 g/mol. The van der Waals surface area contributed by atoms with Crippen LogP contribution in [0.2, 0.25) is 0 Å². The van der Waals surface area contributed by atoms with E-state index in [9.17, 15) is 13.2 Å². The van der Waals surface area contributed by atoms with Crippen LogP contribution >= 0.6 is 10.5 Å². The minimum Gasteiger partial charge on any atom is -0.427 e. The van der Waals surface area contributed by atoms with Crippen molar-refractivity contribution in [3.8, 4) is 0 Å². The summed E-state index contributed by atoms with van der Waals surface area (Å²) in [6.45, 7) is 3.89. The summed E-state index contributed by atoms with van der Waals surface area (Å²) in [4.78, 5) is 0.522. The van der Waals surface area contributed by atoms with Crippen LogP contribution in [-0.4, -0.2) is 0 Å². The van der Waals surface area contributed by atoms with E-state index in [1.807, 2.05) is 13.8 Å². The normalized spacial score (nSPS) is 12.8. The molecule has 118 valence electrons. The highest BCUT2D eigenvalue weighted by Crippen LogP contribution is 2.51. The van der Waals surface area contributed by atoms with Crippen LogP contribution in [0.3, 0.4) is 0 Å². The largest absolute Gasteiger partial charge is 0.600 e. The number of rotatable bonds is 2. The van der Waals surface area contributed by atoms with Crippen molar-refractivity contribution < 1.29 is 44.5 Å². The van der Waals surface area contributed by atoms with Crippen molar-refractivity contribution in [3.05, 3.63) is 35.2 Å². The van der Waals surface area contributed by atoms with Gasteiger partial charge in [0.15, 0.2) is 9.58 Å². The molecule has 0 aliphatic heterocycles. The van der Waals surface area contributed by atoms with Gasteiger partial charge in [0.25, 0.3) is 21.1 Å². The van der Waals surface area contributed by atoms with E-state index in [-0.39, 0.29) is 5.92 Å². The first-order valence-corrected chi connectivity index (χ1v) is 9.83. The lowest BCUT2D eigenvalue weighted by Gasteiger charge is -2.02. The third-order valence-electron chi connectivity index (χ3n) is 2.56. The Morgan fingerprint density at radius 1 is 1.14 bits per heavy atom.